The molecule has 4 aromatic rings. The van der Waals surface area contributed by atoms with E-state index in [0.717, 1.165) is 27.5 Å². The van der Waals surface area contributed by atoms with E-state index < -0.39 is 0 Å². The number of aromatic nitrogens is 3. The fourth-order valence-corrected chi connectivity index (χ4v) is 4.68. The Balaban J connectivity index is 1.45. The minimum atomic E-state index is -0.248. The summed E-state index contributed by atoms with van der Waals surface area (Å²) in [6.07, 6.45) is 5.47. The van der Waals surface area contributed by atoms with Crippen molar-refractivity contribution in [2.24, 2.45) is 7.05 Å². The maximum atomic E-state index is 13.1. The van der Waals surface area contributed by atoms with E-state index in [1.54, 1.807) is 6.20 Å². The number of anilines is 1. The molecule has 33 heavy (non-hydrogen) atoms. The number of nitrogens with zero attached hydrogens (tertiary/aromatic N) is 3. The van der Waals surface area contributed by atoms with Crippen LogP contribution < -0.4 is 14.8 Å². The zero-order valence-electron chi connectivity index (χ0n) is 18.2. The Bertz CT molecular complexity index is 1340. The summed E-state index contributed by atoms with van der Waals surface area (Å²) in [5, 5.41) is 3.45. The first-order chi connectivity index (χ1) is 16.1. The average Bonchev–Trinajstić information content (AvgIpc) is 3.45. The second-order valence-corrected chi connectivity index (χ2v) is 8.44. The van der Waals surface area contributed by atoms with E-state index in [-0.39, 0.29) is 12.5 Å². The molecule has 0 fully saturated rings. The van der Waals surface area contributed by atoms with Gasteiger partial charge in [-0.1, -0.05) is 53.8 Å². The molecule has 1 aliphatic heterocycles. The summed E-state index contributed by atoms with van der Waals surface area (Å²) in [5.74, 6) is 1.89. The molecule has 0 atom stereocenters. The van der Waals surface area contributed by atoms with Gasteiger partial charge >= 0.3 is 0 Å². The van der Waals surface area contributed by atoms with Gasteiger partial charge in [0.05, 0.1) is 22.8 Å². The first-order valence-corrected chi connectivity index (χ1v) is 11.4. The SMILES string of the molecule is CCOc1cccc2c1OCC(C(=O)Nc1nc(-c3ccccc3)c(-c3nccn3C)s1)=C2. The van der Waals surface area contributed by atoms with Gasteiger partial charge in [0.15, 0.2) is 22.5 Å². The molecule has 2 aromatic heterocycles. The molecule has 1 aliphatic rings. The summed E-state index contributed by atoms with van der Waals surface area (Å²) in [5.41, 5.74) is 3.08. The fourth-order valence-electron chi connectivity index (χ4n) is 3.66. The van der Waals surface area contributed by atoms with Gasteiger partial charge in [-0.15, -0.1) is 0 Å². The summed E-state index contributed by atoms with van der Waals surface area (Å²) in [6, 6.07) is 15.5. The zero-order valence-corrected chi connectivity index (χ0v) is 19.1. The van der Waals surface area contributed by atoms with E-state index in [0.29, 0.717) is 28.8 Å². The molecule has 0 saturated carbocycles. The first kappa shape index (κ1) is 21.0. The lowest BCUT2D eigenvalue weighted by Crippen LogP contribution is -2.21. The smallest absolute Gasteiger partial charge is 0.256 e. The number of imidazole rings is 1. The van der Waals surface area contributed by atoms with Crippen LogP contribution in [0.15, 0.2) is 66.5 Å². The summed E-state index contributed by atoms with van der Waals surface area (Å²) < 4.78 is 13.4. The molecule has 0 spiro atoms. The molecule has 7 nitrogen and oxygen atoms in total. The molecule has 0 unspecified atom stereocenters. The first-order valence-electron chi connectivity index (χ1n) is 10.6. The summed E-state index contributed by atoms with van der Waals surface area (Å²) in [7, 11) is 1.94. The van der Waals surface area contributed by atoms with Crippen LogP contribution >= 0.6 is 11.3 Å². The van der Waals surface area contributed by atoms with Crippen molar-refractivity contribution in [2.75, 3.05) is 18.5 Å². The topological polar surface area (TPSA) is 78.3 Å². The number of thiazole rings is 1. The Labute approximate surface area is 195 Å². The third-order valence-corrected chi connectivity index (χ3v) is 6.19. The largest absolute Gasteiger partial charge is 0.490 e. The van der Waals surface area contributed by atoms with Gasteiger partial charge in [0.2, 0.25) is 0 Å². The molecule has 0 saturated heterocycles. The summed E-state index contributed by atoms with van der Waals surface area (Å²) in [4.78, 5) is 23.2. The number of amides is 1. The highest BCUT2D eigenvalue weighted by molar-refractivity contribution is 7.19. The molecular weight excluding hydrogens is 436 g/mol. The maximum absolute atomic E-state index is 13.1. The molecule has 5 rings (SSSR count). The van der Waals surface area contributed by atoms with Gasteiger partial charge < -0.3 is 14.0 Å². The van der Waals surface area contributed by atoms with Gasteiger partial charge in [-0.3, -0.25) is 10.1 Å². The number of carbonyl (C=O) groups excluding carboxylic acids is 1. The number of rotatable bonds is 6. The van der Waals surface area contributed by atoms with Gasteiger partial charge in [-0.05, 0) is 19.1 Å². The maximum Gasteiger partial charge on any atom is 0.256 e. The highest BCUT2D eigenvalue weighted by atomic mass is 32.1. The van der Waals surface area contributed by atoms with E-state index in [9.17, 15) is 4.79 Å². The number of carbonyl (C=O) groups is 1. The van der Waals surface area contributed by atoms with Crippen molar-refractivity contribution in [3.05, 3.63) is 72.1 Å². The van der Waals surface area contributed by atoms with Crippen LogP contribution in [0.5, 0.6) is 11.5 Å². The normalized spacial score (nSPS) is 12.5. The van der Waals surface area contributed by atoms with Gasteiger partial charge in [0.25, 0.3) is 5.91 Å². The van der Waals surface area contributed by atoms with Crippen LogP contribution in [0.3, 0.4) is 0 Å². The number of ether oxygens (including phenoxy) is 2. The molecule has 0 radical (unpaired) electrons. The van der Waals surface area contributed by atoms with Crippen LogP contribution in [0.2, 0.25) is 0 Å². The van der Waals surface area contributed by atoms with Crippen LogP contribution in [0.1, 0.15) is 12.5 Å². The number of hydrogen-bond acceptors (Lipinski definition) is 6. The highest BCUT2D eigenvalue weighted by Crippen LogP contribution is 2.39. The van der Waals surface area contributed by atoms with Crippen molar-refractivity contribution in [1.82, 2.24) is 14.5 Å². The van der Waals surface area contributed by atoms with Gasteiger partial charge in [0.1, 0.15) is 6.61 Å². The monoisotopic (exact) mass is 458 g/mol. The molecule has 2 aromatic carbocycles. The van der Waals surface area contributed by atoms with Crippen molar-refractivity contribution in [3.63, 3.8) is 0 Å². The second-order valence-electron chi connectivity index (χ2n) is 7.44. The zero-order chi connectivity index (χ0) is 22.8. The van der Waals surface area contributed by atoms with Gasteiger partial charge in [0, 0.05) is 30.6 Å². The number of para-hydroxylation sites is 1. The molecule has 166 valence electrons. The van der Waals surface area contributed by atoms with Crippen molar-refractivity contribution < 1.29 is 14.3 Å². The van der Waals surface area contributed by atoms with Crippen LogP contribution in [0.25, 0.3) is 28.0 Å². The lowest BCUT2D eigenvalue weighted by atomic mass is 10.1. The quantitative estimate of drug-likeness (QED) is 0.439. The van der Waals surface area contributed by atoms with Crippen molar-refractivity contribution in [3.8, 4) is 33.5 Å². The molecular formula is C25H22N4O3S. The molecule has 1 amide bonds. The highest BCUT2D eigenvalue weighted by Gasteiger charge is 2.23. The summed E-state index contributed by atoms with van der Waals surface area (Å²) in [6.45, 7) is 2.63. The van der Waals surface area contributed by atoms with E-state index in [2.05, 4.69) is 10.3 Å². The molecule has 0 aliphatic carbocycles. The minimum Gasteiger partial charge on any atom is -0.490 e. The third-order valence-electron chi connectivity index (χ3n) is 5.22. The predicted molar refractivity (Wildman–Crippen MR) is 129 cm³/mol. The van der Waals surface area contributed by atoms with Crippen molar-refractivity contribution in [2.45, 2.75) is 6.92 Å². The van der Waals surface area contributed by atoms with Gasteiger partial charge in [-0.25, -0.2) is 9.97 Å². The number of fused-ring (bicyclic) bond motifs is 1. The van der Waals surface area contributed by atoms with E-state index >= 15 is 0 Å². The lowest BCUT2D eigenvalue weighted by Gasteiger charge is -2.19. The lowest BCUT2D eigenvalue weighted by molar-refractivity contribution is -0.113. The van der Waals surface area contributed by atoms with E-state index in [4.69, 9.17) is 14.5 Å². The number of nitrogens with one attached hydrogen (secondary N) is 1. The Morgan fingerprint density at radius 2 is 2.06 bits per heavy atom. The van der Waals surface area contributed by atoms with Crippen molar-refractivity contribution in [1.29, 1.82) is 0 Å². The second kappa shape index (κ2) is 8.91. The van der Waals surface area contributed by atoms with Crippen LogP contribution in [0.4, 0.5) is 5.13 Å². The van der Waals surface area contributed by atoms with Crippen LogP contribution in [0, 0.1) is 0 Å². The van der Waals surface area contributed by atoms with E-state index in [1.807, 2.05) is 79.3 Å². The van der Waals surface area contributed by atoms with Crippen LogP contribution in [-0.2, 0) is 11.8 Å². The third kappa shape index (κ3) is 4.12. The molecule has 0 bridgehead atoms. The molecule has 1 N–H and O–H groups in total. The Morgan fingerprint density at radius 3 is 2.82 bits per heavy atom. The molecule has 8 heteroatoms. The summed E-state index contributed by atoms with van der Waals surface area (Å²) >= 11 is 1.40. The average molecular weight is 459 g/mol. The fraction of sp³-hybridized carbons (Fsp3) is 0.160. The minimum absolute atomic E-state index is 0.159. The van der Waals surface area contributed by atoms with Crippen LogP contribution in [-0.4, -0.2) is 33.7 Å². The Morgan fingerprint density at radius 1 is 1.21 bits per heavy atom. The predicted octanol–water partition coefficient (Wildman–Crippen LogP) is 5.02. The van der Waals surface area contributed by atoms with Gasteiger partial charge in [-0.2, -0.15) is 0 Å². The number of hydrogen-bond donors (Lipinski definition) is 1. The number of aryl methyl sites for hydroxylation is 1. The van der Waals surface area contributed by atoms with E-state index in [1.165, 1.54) is 11.3 Å². The molecule has 3 heterocycles. The Hall–Kier alpha value is -3.91. The Kier molecular flexibility index (Phi) is 5.66. The van der Waals surface area contributed by atoms with Crippen molar-refractivity contribution >= 4 is 28.5 Å². The number of benzene rings is 2. The standard InChI is InChI=1S/C25H22N4O3S/c1-3-31-19-11-7-10-17-14-18(15-32-21(17)19)24(30)28-25-27-20(16-8-5-4-6-9-16)22(33-25)23-26-12-13-29(23)2/h4-14H,3,15H2,1-2H3,(H,27,28,30).